The van der Waals surface area contributed by atoms with Crippen LogP contribution in [0.3, 0.4) is 0 Å². The molecule has 0 saturated carbocycles. The maximum Gasteiger partial charge on any atom is 0.115 e. The summed E-state index contributed by atoms with van der Waals surface area (Å²) in [6.45, 7) is 14.0. The van der Waals surface area contributed by atoms with Crippen LogP contribution >= 0.6 is 0 Å². The Bertz CT molecular complexity index is 285. The van der Waals surface area contributed by atoms with Gasteiger partial charge in [-0.2, -0.15) is 0 Å². The quantitative estimate of drug-likeness (QED) is 0.311. The number of nitrogens with zero attached hydrogens (tertiary/aromatic N) is 2. The Morgan fingerprint density at radius 1 is 1.18 bits per heavy atom. The Morgan fingerprint density at radius 2 is 1.88 bits per heavy atom. The van der Waals surface area contributed by atoms with Crippen molar-refractivity contribution in [1.82, 2.24) is 0 Å². The first-order chi connectivity index (χ1) is 8.08. The molecule has 0 bridgehead atoms. The van der Waals surface area contributed by atoms with Crippen LogP contribution in [0.1, 0.15) is 52.9 Å². The maximum atomic E-state index is 4.34. The smallest absolute Gasteiger partial charge is 0.115 e. The lowest BCUT2D eigenvalue weighted by Crippen LogP contribution is -2.22. The van der Waals surface area contributed by atoms with Crippen molar-refractivity contribution in [2.45, 2.75) is 52.9 Å². The van der Waals surface area contributed by atoms with Crippen molar-refractivity contribution >= 4 is 12.1 Å². The fraction of sp³-hybridized carbons (Fsp3) is 0.600. The van der Waals surface area contributed by atoms with E-state index in [4.69, 9.17) is 0 Å². The highest BCUT2D eigenvalue weighted by atomic mass is 14.8. The third-order valence-corrected chi connectivity index (χ3v) is 2.91. The molecule has 0 fully saturated rings. The van der Waals surface area contributed by atoms with E-state index in [1.165, 1.54) is 38.2 Å². The summed E-state index contributed by atoms with van der Waals surface area (Å²) in [5.41, 5.74) is 1.07. The summed E-state index contributed by atoms with van der Waals surface area (Å²) in [5, 5.41) is 0. The first-order valence-corrected chi connectivity index (χ1v) is 6.41. The van der Waals surface area contributed by atoms with Crippen LogP contribution in [0.2, 0.25) is 0 Å². The standard InChI is InChI=1S/C15H26N2/c1-6-9-10-11-12-15(4,5)14(7-2)17-13-16-8-3/h7-8,13H,2-3,6,9-12H2,1,4-5H3/b16-13-,17-14+. The Hall–Kier alpha value is -1.18. The van der Waals surface area contributed by atoms with Crippen molar-refractivity contribution in [2.75, 3.05) is 0 Å². The molecule has 0 aliphatic rings. The van der Waals surface area contributed by atoms with Gasteiger partial charge in [0, 0.05) is 17.3 Å². The lowest BCUT2D eigenvalue weighted by atomic mass is 9.82. The van der Waals surface area contributed by atoms with Gasteiger partial charge in [0.2, 0.25) is 0 Å². The molecule has 17 heavy (non-hydrogen) atoms. The van der Waals surface area contributed by atoms with Gasteiger partial charge in [-0.15, -0.1) is 0 Å². The maximum absolute atomic E-state index is 4.34. The van der Waals surface area contributed by atoms with Crippen molar-refractivity contribution in [3.63, 3.8) is 0 Å². The second-order valence-corrected chi connectivity index (χ2v) is 4.86. The molecular weight excluding hydrogens is 208 g/mol. The average molecular weight is 234 g/mol. The van der Waals surface area contributed by atoms with E-state index in [2.05, 4.69) is 43.9 Å². The molecule has 0 saturated heterocycles. The second-order valence-electron chi connectivity index (χ2n) is 4.86. The van der Waals surface area contributed by atoms with Gasteiger partial charge in [-0.1, -0.05) is 59.6 Å². The zero-order valence-electron chi connectivity index (χ0n) is 11.6. The molecule has 0 aromatic carbocycles. The molecule has 0 amide bonds. The average Bonchev–Trinajstić information content (AvgIpc) is 2.30. The van der Waals surface area contributed by atoms with Crippen LogP contribution in [0, 0.1) is 5.41 Å². The fourth-order valence-electron chi connectivity index (χ4n) is 1.77. The molecule has 0 heterocycles. The van der Waals surface area contributed by atoms with Crippen molar-refractivity contribution in [3.8, 4) is 0 Å². The molecule has 0 aromatic heterocycles. The van der Waals surface area contributed by atoms with E-state index in [1.54, 1.807) is 0 Å². The first kappa shape index (κ1) is 15.8. The van der Waals surface area contributed by atoms with E-state index in [9.17, 15) is 0 Å². The molecule has 0 aliphatic carbocycles. The van der Waals surface area contributed by atoms with Gasteiger partial charge in [-0.3, -0.25) is 0 Å². The van der Waals surface area contributed by atoms with Gasteiger partial charge in [0.05, 0.1) is 0 Å². The normalized spacial score (nSPS) is 13.0. The van der Waals surface area contributed by atoms with Crippen molar-refractivity contribution in [3.05, 3.63) is 25.4 Å². The van der Waals surface area contributed by atoms with Gasteiger partial charge in [0.25, 0.3) is 0 Å². The summed E-state index contributed by atoms with van der Waals surface area (Å²) in [6, 6.07) is 0. The van der Waals surface area contributed by atoms with Crippen molar-refractivity contribution < 1.29 is 0 Å². The van der Waals surface area contributed by atoms with Crippen LogP contribution in [0.4, 0.5) is 0 Å². The zero-order valence-corrected chi connectivity index (χ0v) is 11.6. The number of hydrogen-bond donors (Lipinski definition) is 0. The van der Waals surface area contributed by atoms with Crippen LogP contribution in [-0.4, -0.2) is 12.1 Å². The number of aliphatic imine (C=N–C) groups is 2. The van der Waals surface area contributed by atoms with Gasteiger partial charge < -0.3 is 0 Å². The van der Waals surface area contributed by atoms with Gasteiger partial charge in [0.15, 0.2) is 0 Å². The van der Waals surface area contributed by atoms with Gasteiger partial charge in [-0.05, 0) is 12.5 Å². The number of unbranched alkanes of at least 4 members (excludes halogenated alkanes) is 3. The Labute approximate surface area is 106 Å². The van der Waals surface area contributed by atoms with Crippen LogP contribution < -0.4 is 0 Å². The first-order valence-electron chi connectivity index (χ1n) is 6.41. The van der Waals surface area contributed by atoms with E-state index in [-0.39, 0.29) is 5.41 Å². The van der Waals surface area contributed by atoms with Crippen LogP contribution in [-0.2, 0) is 0 Å². The molecule has 0 unspecified atom stereocenters. The van der Waals surface area contributed by atoms with Gasteiger partial charge in [-0.25, -0.2) is 9.98 Å². The lowest BCUT2D eigenvalue weighted by molar-refractivity contribution is 0.444. The summed E-state index contributed by atoms with van der Waals surface area (Å²) in [7, 11) is 0. The highest BCUT2D eigenvalue weighted by Gasteiger charge is 2.21. The molecule has 0 atom stereocenters. The number of allylic oxidation sites excluding steroid dienone is 1. The molecule has 0 N–H and O–H groups in total. The predicted molar refractivity (Wildman–Crippen MR) is 78.9 cm³/mol. The SMILES string of the molecule is C=C/N=C\N=C(/C=C)C(C)(C)CCCCCC. The molecule has 0 aliphatic heterocycles. The molecule has 96 valence electrons. The minimum atomic E-state index is 0.0721. The van der Waals surface area contributed by atoms with E-state index < -0.39 is 0 Å². The van der Waals surface area contributed by atoms with Gasteiger partial charge >= 0.3 is 0 Å². The molecule has 0 aromatic rings. The van der Waals surface area contributed by atoms with Crippen LogP contribution in [0.25, 0.3) is 0 Å². The van der Waals surface area contributed by atoms with Crippen molar-refractivity contribution in [2.24, 2.45) is 15.4 Å². The monoisotopic (exact) mass is 234 g/mol. The third kappa shape index (κ3) is 6.88. The van der Waals surface area contributed by atoms with E-state index in [1.807, 2.05) is 6.08 Å². The summed E-state index contributed by atoms with van der Waals surface area (Å²) in [6.07, 6.45) is 11.1. The van der Waals surface area contributed by atoms with E-state index >= 15 is 0 Å². The fourth-order valence-corrected chi connectivity index (χ4v) is 1.77. The number of hydrogen-bond acceptors (Lipinski definition) is 1. The van der Waals surface area contributed by atoms with Crippen LogP contribution in [0.5, 0.6) is 0 Å². The molecular formula is C15H26N2. The molecule has 0 spiro atoms. The van der Waals surface area contributed by atoms with E-state index in [0.717, 1.165) is 12.1 Å². The summed E-state index contributed by atoms with van der Waals surface area (Å²) in [5.74, 6) is 0. The second kappa shape index (κ2) is 8.91. The molecule has 2 nitrogen and oxygen atoms in total. The minimum Gasteiger partial charge on any atom is -0.245 e. The summed E-state index contributed by atoms with van der Waals surface area (Å²) >= 11 is 0. The molecule has 2 heteroatoms. The Morgan fingerprint density at radius 3 is 2.41 bits per heavy atom. The molecule has 0 rings (SSSR count). The highest BCUT2D eigenvalue weighted by Crippen LogP contribution is 2.26. The summed E-state index contributed by atoms with van der Waals surface area (Å²) < 4.78 is 0. The largest absolute Gasteiger partial charge is 0.245 e. The summed E-state index contributed by atoms with van der Waals surface area (Å²) in [4.78, 5) is 8.22. The highest BCUT2D eigenvalue weighted by molar-refractivity contribution is 6.02. The van der Waals surface area contributed by atoms with Crippen molar-refractivity contribution in [1.29, 1.82) is 0 Å². The topological polar surface area (TPSA) is 24.7 Å². The predicted octanol–water partition coefficient (Wildman–Crippen LogP) is 4.78. The lowest BCUT2D eigenvalue weighted by Gasteiger charge is -2.24. The third-order valence-electron chi connectivity index (χ3n) is 2.91. The minimum absolute atomic E-state index is 0.0721. The van der Waals surface area contributed by atoms with Gasteiger partial charge in [0.1, 0.15) is 6.34 Å². The number of rotatable bonds is 9. The zero-order chi connectivity index (χ0) is 13.1. The Kier molecular flexibility index (Phi) is 8.29. The molecule has 0 radical (unpaired) electrons. The van der Waals surface area contributed by atoms with Crippen LogP contribution in [0.15, 0.2) is 35.4 Å². The Balaban J connectivity index is 4.41. The van der Waals surface area contributed by atoms with E-state index in [0.29, 0.717) is 0 Å².